The smallest absolute Gasteiger partial charge is 0.339 e. The number of aryl methyl sites for hydroxylation is 2. The number of anilines is 1. The van der Waals surface area contributed by atoms with Gasteiger partial charge in [0.2, 0.25) is 0 Å². The van der Waals surface area contributed by atoms with Crippen molar-refractivity contribution in [3.63, 3.8) is 0 Å². The summed E-state index contributed by atoms with van der Waals surface area (Å²) in [4.78, 5) is 17.5. The van der Waals surface area contributed by atoms with Gasteiger partial charge in [-0.2, -0.15) is 10.4 Å². The molecule has 1 N–H and O–H groups in total. The summed E-state index contributed by atoms with van der Waals surface area (Å²) < 4.78 is 1.63. The van der Waals surface area contributed by atoms with E-state index in [4.69, 9.17) is 5.26 Å². The van der Waals surface area contributed by atoms with Crippen molar-refractivity contribution >= 4 is 22.7 Å². The highest BCUT2D eigenvalue weighted by Gasteiger charge is 2.24. The molecule has 7 nitrogen and oxygen atoms in total. The van der Waals surface area contributed by atoms with Gasteiger partial charge in [-0.1, -0.05) is 0 Å². The highest BCUT2D eigenvalue weighted by molar-refractivity contribution is 6.04. The SMILES string of the molecule is Cc1nn(C)c2ncc(C(=O)O)c(N(C)C(C)CC#N)c12. The molecular weight excluding hydrogens is 270 g/mol. The van der Waals surface area contributed by atoms with Gasteiger partial charge in [-0.15, -0.1) is 0 Å². The Morgan fingerprint density at radius 1 is 1.62 bits per heavy atom. The van der Waals surface area contributed by atoms with Gasteiger partial charge in [0.05, 0.1) is 29.3 Å². The van der Waals surface area contributed by atoms with E-state index in [1.165, 1.54) is 6.20 Å². The Kier molecular flexibility index (Phi) is 3.80. The van der Waals surface area contributed by atoms with E-state index < -0.39 is 5.97 Å². The zero-order valence-electron chi connectivity index (χ0n) is 12.5. The molecule has 0 fully saturated rings. The molecule has 0 saturated heterocycles. The number of hydrogen-bond acceptors (Lipinski definition) is 5. The maximum absolute atomic E-state index is 11.5. The van der Waals surface area contributed by atoms with E-state index in [-0.39, 0.29) is 11.6 Å². The number of carbonyl (C=O) groups is 1. The van der Waals surface area contributed by atoms with E-state index in [9.17, 15) is 9.90 Å². The number of aromatic nitrogens is 3. The second kappa shape index (κ2) is 5.40. The van der Waals surface area contributed by atoms with Crippen molar-refractivity contribution in [1.82, 2.24) is 14.8 Å². The molecule has 0 amide bonds. The van der Waals surface area contributed by atoms with Crippen LogP contribution in [-0.2, 0) is 7.05 Å². The van der Waals surface area contributed by atoms with Gasteiger partial charge in [-0.05, 0) is 13.8 Å². The Labute approximate surface area is 122 Å². The number of nitrogens with zero attached hydrogens (tertiary/aromatic N) is 5. The summed E-state index contributed by atoms with van der Waals surface area (Å²) in [5.41, 5.74) is 2.02. The number of fused-ring (bicyclic) bond motifs is 1. The number of hydrogen-bond donors (Lipinski definition) is 1. The second-order valence-electron chi connectivity index (χ2n) is 5.06. The zero-order valence-corrected chi connectivity index (χ0v) is 12.5. The zero-order chi connectivity index (χ0) is 15.7. The first kappa shape index (κ1) is 14.8. The molecule has 0 saturated carbocycles. The first-order valence-electron chi connectivity index (χ1n) is 6.53. The normalized spacial score (nSPS) is 12.1. The highest BCUT2D eigenvalue weighted by Crippen LogP contribution is 2.32. The summed E-state index contributed by atoms with van der Waals surface area (Å²) >= 11 is 0. The summed E-state index contributed by atoms with van der Waals surface area (Å²) in [5, 5.41) is 23.3. The predicted molar refractivity (Wildman–Crippen MR) is 78.3 cm³/mol. The minimum absolute atomic E-state index is 0.113. The molecule has 0 aliphatic rings. The fourth-order valence-corrected chi connectivity index (χ4v) is 2.41. The van der Waals surface area contributed by atoms with Crippen LogP contribution in [0, 0.1) is 18.3 Å². The van der Waals surface area contributed by atoms with E-state index in [0.29, 0.717) is 28.8 Å². The van der Waals surface area contributed by atoms with Crippen LogP contribution in [-0.4, -0.2) is 38.9 Å². The van der Waals surface area contributed by atoms with Crippen LogP contribution in [0.1, 0.15) is 29.4 Å². The molecular formula is C14H17N5O2. The quantitative estimate of drug-likeness (QED) is 0.919. The van der Waals surface area contributed by atoms with Gasteiger partial charge in [0.15, 0.2) is 5.65 Å². The minimum Gasteiger partial charge on any atom is -0.478 e. The molecule has 21 heavy (non-hydrogen) atoms. The van der Waals surface area contributed by atoms with E-state index in [2.05, 4.69) is 16.2 Å². The van der Waals surface area contributed by atoms with Crippen molar-refractivity contribution in [2.24, 2.45) is 7.05 Å². The van der Waals surface area contributed by atoms with Crippen molar-refractivity contribution in [2.45, 2.75) is 26.3 Å². The number of carboxylic acids is 1. The van der Waals surface area contributed by atoms with Crippen LogP contribution in [0.15, 0.2) is 6.20 Å². The first-order chi connectivity index (χ1) is 9.88. The standard InChI is InChI=1S/C14H17N5O2/c1-8(5-6-15)18(3)12-10(14(20)21)7-16-13-11(12)9(2)17-19(13)4/h7-8H,5H2,1-4H3,(H,20,21). The van der Waals surface area contributed by atoms with Crippen LogP contribution < -0.4 is 4.90 Å². The van der Waals surface area contributed by atoms with Gasteiger partial charge in [0.1, 0.15) is 5.56 Å². The molecule has 2 heterocycles. The lowest BCUT2D eigenvalue weighted by Gasteiger charge is -2.27. The Bertz CT molecular complexity index is 744. The summed E-state index contributed by atoms with van der Waals surface area (Å²) in [6, 6.07) is 2.00. The van der Waals surface area contributed by atoms with Gasteiger partial charge < -0.3 is 10.0 Å². The Morgan fingerprint density at radius 3 is 2.86 bits per heavy atom. The van der Waals surface area contributed by atoms with Gasteiger partial charge >= 0.3 is 5.97 Å². The number of rotatable bonds is 4. The van der Waals surface area contributed by atoms with Crippen molar-refractivity contribution in [3.05, 3.63) is 17.5 Å². The first-order valence-corrected chi connectivity index (χ1v) is 6.53. The molecule has 0 radical (unpaired) electrons. The maximum atomic E-state index is 11.5. The fourth-order valence-electron chi connectivity index (χ4n) is 2.41. The molecule has 1 unspecified atom stereocenters. The molecule has 7 heteroatoms. The predicted octanol–water partition coefficient (Wildman–Crippen LogP) is 1.71. The molecule has 0 aliphatic carbocycles. The van der Waals surface area contributed by atoms with Crippen LogP contribution in [0.3, 0.4) is 0 Å². The van der Waals surface area contributed by atoms with Crippen molar-refractivity contribution in [1.29, 1.82) is 5.26 Å². The molecule has 110 valence electrons. The molecule has 0 aliphatic heterocycles. The lowest BCUT2D eigenvalue weighted by molar-refractivity contribution is 0.0697. The molecule has 2 aromatic rings. The lowest BCUT2D eigenvalue weighted by Crippen LogP contribution is -2.30. The third-order valence-electron chi connectivity index (χ3n) is 3.63. The number of carboxylic acid groups (broad SMARTS) is 1. The lowest BCUT2D eigenvalue weighted by atomic mass is 10.1. The molecule has 0 bridgehead atoms. The van der Waals surface area contributed by atoms with Crippen LogP contribution in [0.25, 0.3) is 11.0 Å². The fraction of sp³-hybridized carbons (Fsp3) is 0.429. The van der Waals surface area contributed by atoms with Gasteiger partial charge in [0.25, 0.3) is 0 Å². The number of pyridine rings is 1. The molecule has 1 atom stereocenters. The molecule has 0 aromatic carbocycles. The Morgan fingerprint density at radius 2 is 2.29 bits per heavy atom. The van der Waals surface area contributed by atoms with E-state index in [0.717, 1.165) is 0 Å². The van der Waals surface area contributed by atoms with E-state index in [1.807, 2.05) is 18.7 Å². The average Bonchev–Trinajstić information content (AvgIpc) is 2.72. The average molecular weight is 287 g/mol. The van der Waals surface area contributed by atoms with Crippen LogP contribution in [0.5, 0.6) is 0 Å². The molecule has 0 spiro atoms. The largest absolute Gasteiger partial charge is 0.478 e. The maximum Gasteiger partial charge on any atom is 0.339 e. The van der Waals surface area contributed by atoms with Gasteiger partial charge in [-0.3, -0.25) is 4.68 Å². The highest BCUT2D eigenvalue weighted by atomic mass is 16.4. The van der Waals surface area contributed by atoms with Crippen molar-refractivity contribution in [2.75, 3.05) is 11.9 Å². The third-order valence-corrected chi connectivity index (χ3v) is 3.63. The minimum atomic E-state index is -1.04. The summed E-state index contributed by atoms with van der Waals surface area (Å²) in [6.07, 6.45) is 1.65. The molecule has 2 rings (SSSR count). The van der Waals surface area contributed by atoms with E-state index >= 15 is 0 Å². The van der Waals surface area contributed by atoms with Crippen LogP contribution in [0.2, 0.25) is 0 Å². The monoisotopic (exact) mass is 287 g/mol. The van der Waals surface area contributed by atoms with Crippen molar-refractivity contribution < 1.29 is 9.90 Å². The van der Waals surface area contributed by atoms with Crippen molar-refractivity contribution in [3.8, 4) is 6.07 Å². The topological polar surface area (TPSA) is 95.0 Å². The Balaban J connectivity index is 2.76. The van der Waals surface area contributed by atoms with Crippen LogP contribution >= 0.6 is 0 Å². The molecule has 2 aromatic heterocycles. The summed E-state index contributed by atoms with van der Waals surface area (Å²) in [6.45, 7) is 3.70. The van der Waals surface area contributed by atoms with Gasteiger partial charge in [0, 0.05) is 26.3 Å². The van der Waals surface area contributed by atoms with Gasteiger partial charge in [-0.25, -0.2) is 9.78 Å². The number of aromatic carboxylic acids is 1. The summed E-state index contributed by atoms with van der Waals surface area (Å²) in [7, 11) is 3.56. The third kappa shape index (κ3) is 2.40. The van der Waals surface area contributed by atoms with Crippen LogP contribution in [0.4, 0.5) is 5.69 Å². The summed E-state index contributed by atoms with van der Waals surface area (Å²) in [5.74, 6) is -1.04. The van der Waals surface area contributed by atoms with E-state index in [1.54, 1.807) is 18.8 Å². The Hall–Kier alpha value is -2.62. The number of nitriles is 1. The second-order valence-corrected chi connectivity index (χ2v) is 5.06.